The molecule has 2 amide bonds. The first-order chi connectivity index (χ1) is 11.7. The van der Waals surface area contributed by atoms with Gasteiger partial charge in [-0.05, 0) is 31.4 Å². The Morgan fingerprint density at radius 1 is 1.42 bits per heavy atom. The van der Waals surface area contributed by atoms with Crippen LogP contribution < -0.4 is 5.32 Å². The fourth-order valence-electron chi connectivity index (χ4n) is 2.84. The van der Waals surface area contributed by atoms with E-state index >= 15 is 0 Å². The second-order valence-corrected chi connectivity index (χ2v) is 7.29. The van der Waals surface area contributed by atoms with E-state index < -0.39 is 0 Å². The Labute approximate surface area is 146 Å². The third kappa shape index (κ3) is 4.74. The maximum Gasteiger partial charge on any atom is 0.317 e. The number of hydrogen-bond donors (Lipinski definition) is 1. The summed E-state index contributed by atoms with van der Waals surface area (Å²) in [5.74, 6) is 1.62. The van der Waals surface area contributed by atoms with Gasteiger partial charge in [0.15, 0.2) is 0 Å². The van der Waals surface area contributed by atoms with Crippen LogP contribution in [0, 0.1) is 5.92 Å². The lowest BCUT2D eigenvalue weighted by Gasteiger charge is -2.21. The molecule has 2 aromatic rings. The molecule has 1 aliphatic heterocycles. The molecule has 7 heteroatoms. The molecule has 1 aromatic carbocycles. The number of aromatic nitrogens is 3. The molecule has 1 saturated heterocycles. The van der Waals surface area contributed by atoms with Crippen LogP contribution in [0.25, 0.3) is 0 Å². The SMILES string of the molecule is CC(Cn1cncn1)NC(=O)N1CCC(CSc2ccccc2)C1. The molecule has 1 fully saturated rings. The van der Waals surface area contributed by atoms with E-state index in [1.165, 1.54) is 11.2 Å². The number of carbonyl (C=O) groups excluding carboxylic acids is 1. The number of carbonyl (C=O) groups is 1. The molecule has 0 aliphatic carbocycles. The molecule has 2 heterocycles. The Hall–Kier alpha value is -2.02. The van der Waals surface area contributed by atoms with Crippen molar-refractivity contribution in [3.8, 4) is 0 Å². The highest BCUT2D eigenvalue weighted by Gasteiger charge is 2.26. The van der Waals surface area contributed by atoms with Crippen molar-refractivity contribution in [1.29, 1.82) is 0 Å². The van der Waals surface area contributed by atoms with Gasteiger partial charge in [0.25, 0.3) is 0 Å². The van der Waals surface area contributed by atoms with E-state index in [1.807, 2.05) is 29.7 Å². The van der Waals surface area contributed by atoms with Gasteiger partial charge in [-0.2, -0.15) is 5.10 Å². The highest BCUT2D eigenvalue weighted by molar-refractivity contribution is 7.99. The molecule has 1 N–H and O–H groups in total. The second-order valence-electron chi connectivity index (χ2n) is 6.19. The van der Waals surface area contributed by atoms with E-state index in [4.69, 9.17) is 0 Å². The zero-order valence-corrected chi connectivity index (χ0v) is 14.7. The van der Waals surface area contributed by atoms with Crippen LogP contribution in [0.3, 0.4) is 0 Å². The molecule has 24 heavy (non-hydrogen) atoms. The van der Waals surface area contributed by atoms with Gasteiger partial charge in [-0.15, -0.1) is 11.8 Å². The number of rotatable bonds is 6. The molecule has 0 bridgehead atoms. The molecule has 6 nitrogen and oxygen atoms in total. The Kier molecular flexibility index (Phi) is 5.74. The monoisotopic (exact) mass is 345 g/mol. The Morgan fingerprint density at radius 2 is 2.25 bits per heavy atom. The number of thioether (sulfide) groups is 1. The van der Waals surface area contributed by atoms with E-state index in [0.29, 0.717) is 12.5 Å². The summed E-state index contributed by atoms with van der Waals surface area (Å²) < 4.78 is 1.73. The zero-order chi connectivity index (χ0) is 16.8. The van der Waals surface area contributed by atoms with E-state index in [0.717, 1.165) is 25.3 Å². The average Bonchev–Trinajstić information content (AvgIpc) is 3.25. The summed E-state index contributed by atoms with van der Waals surface area (Å²) in [6, 6.07) is 10.5. The molecular formula is C17H23N5OS. The van der Waals surface area contributed by atoms with Gasteiger partial charge in [0.05, 0.1) is 6.54 Å². The highest BCUT2D eigenvalue weighted by atomic mass is 32.2. The van der Waals surface area contributed by atoms with Gasteiger partial charge in [0.2, 0.25) is 0 Å². The summed E-state index contributed by atoms with van der Waals surface area (Å²) in [6.45, 7) is 4.29. The number of amides is 2. The normalized spacial score (nSPS) is 18.5. The lowest BCUT2D eigenvalue weighted by molar-refractivity contribution is 0.202. The third-order valence-electron chi connectivity index (χ3n) is 4.10. The van der Waals surface area contributed by atoms with Crippen molar-refractivity contribution < 1.29 is 4.79 Å². The third-order valence-corrected chi connectivity index (χ3v) is 5.34. The van der Waals surface area contributed by atoms with E-state index in [1.54, 1.807) is 11.0 Å². The van der Waals surface area contributed by atoms with Crippen LogP contribution in [0.15, 0.2) is 47.9 Å². The molecule has 2 unspecified atom stereocenters. The van der Waals surface area contributed by atoms with E-state index in [2.05, 4.69) is 39.7 Å². The lowest BCUT2D eigenvalue weighted by atomic mass is 10.2. The molecule has 0 spiro atoms. The number of hydrogen-bond acceptors (Lipinski definition) is 4. The maximum absolute atomic E-state index is 12.4. The Balaban J connectivity index is 1.40. The minimum atomic E-state index is 0.0230. The number of urea groups is 1. The summed E-state index contributed by atoms with van der Waals surface area (Å²) in [5.41, 5.74) is 0. The van der Waals surface area contributed by atoms with Gasteiger partial charge >= 0.3 is 6.03 Å². The first-order valence-electron chi connectivity index (χ1n) is 8.26. The van der Waals surface area contributed by atoms with Crippen LogP contribution in [-0.2, 0) is 6.54 Å². The molecular weight excluding hydrogens is 322 g/mol. The van der Waals surface area contributed by atoms with Gasteiger partial charge in [0.1, 0.15) is 12.7 Å². The quantitative estimate of drug-likeness (QED) is 0.817. The molecule has 2 atom stereocenters. The van der Waals surface area contributed by atoms with Crippen LogP contribution in [0.4, 0.5) is 4.79 Å². The topological polar surface area (TPSA) is 63.1 Å². The van der Waals surface area contributed by atoms with Crippen molar-refractivity contribution in [1.82, 2.24) is 25.0 Å². The molecule has 0 saturated carbocycles. The fourth-order valence-corrected chi connectivity index (χ4v) is 3.89. The van der Waals surface area contributed by atoms with Crippen LogP contribution in [-0.4, -0.2) is 50.6 Å². The summed E-state index contributed by atoms with van der Waals surface area (Å²) in [6.07, 6.45) is 4.24. The minimum Gasteiger partial charge on any atom is -0.334 e. The first kappa shape index (κ1) is 16.8. The van der Waals surface area contributed by atoms with Crippen molar-refractivity contribution in [2.45, 2.75) is 30.8 Å². The van der Waals surface area contributed by atoms with Crippen molar-refractivity contribution in [3.05, 3.63) is 43.0 Å². The molecule has 0 radical (unpaired) electrons. The van der Waals surface area contributed by atoms with Crippen LogP contribution >= 0.6 is 11.8 Å². The van der Waals surface area contributed by atoms with Gasteiger partial charge in [-0.25, -0.2) is 9.78 Å². The fraction of sp³-hybridized carbons (Fsp3) is 0.471. The molecule has 1 aliphatic rings. The Morgan fingerprint density at radius 3 is 3.00 bits per heavy atom. The summed E-state index contributed by atoms with van der Waals surface area (Å²) in [5, 5.41) is 7.11. The number of nitrogens with one attached hydrogen (secondary N) is 1. The van der Waals surface area contributed by atoms with Crippen molar-refractivity contribution >= 4 is 17.8 Å². The molecule has 128 valence electrons. The summed E-state index contributed by atoms with van der Waals surface area (Å²) in [7, 11) is 0. The van der Waals surface area contributed by atoms with Gasteiger partial charge < -0.3 is 10.2 Å². The van der Waals surface area contributed by atoms with Crippen LogP contribution in [0.5, 0.6) is 0 Å². The highest BCUT2D eigenvalue weighted by Crippen LogP contribution is 2.25. The zero-order valence-electron chi connectivity index (χ0n) is 13.8. The second kappa shape index (κ2) is 8.19. The van der Waals surface area contributed by atoms with Gasteiger partial charge in [0, 0.05) is 29.8 Å². The van der Waals surface area contributed by atoms with E-state index in [-0.39, 0.29) is 12.1 Å². The molecule has 1 aromatic heterocycles. The first-order valence-corrected chi connectivity index (χ1v) is 9.25. The number of nitrogens with zero attached hydrogens (tertiary/aromatic N) is 4. The van der Waals surface area contributed by atoms with Crippen molar-refractivity contribution in [3.63, 3.8) is 0 Å². The smallest absolute Gasteiger partial charge is 0.317 e. The van der Waals surface area contributed by atoms with Crippen LogP contribution in [0.2, 0.25) is 0 Å². The predicted octanol–water partition coefficient (Wildman–Crippen LogP) is 2.49. The predicted molar refractivity (Wildman–Crippen MR) is 94.9 cm³/mol. The maximum atomic E-state index is 12.4. The van der Waals surface area contributed by atoms with Crippen molar-refractivity contribution in [2.75, 3.05) is 18.8 Å². The number of likely N-dealkylation sites (tertiary alicyclic amines) is 1. The average molecular weight is 345 g/mol. The van der Waals surface area contributed by atoms with Crippen LogP contribution in [0.1, 0.15) is 13.3 Å². The summed E-state index contributed by atoms with van der Waals surface area (Å²) >= 11 is 1.87. The molecule has 3 rings (SSSR count). The van der Waals surface area contributed by atoms with Gasteiger partial charge in [-0.3, -0.25) is 4.68 Å². The minimum absolute atomic E-state index is 0.0230. The summed E-state index contributed by atoms with van der Waals surface area (Å²) in [4.78, 5) is 19.5. The standard InChI is InChI=1S/C17H23N5OS/c1-14(9-22-13-18-12-19-22)20-17(23)21-8-7-15(10-21)11-24-16-5-3-2-4-6-16/h2-6,12-15H,7-11H2,1H3,(H,20,23). The van der Waals surface area contributed by atoms with E-state index in [9.17, 15) is 4.79 Å². The lowest BCUT2D eigenvalue weighted by Crippen LogP contribution is -2.44. The largest absolute Gasteiger partial charge is 0.334 e. The van der Waals surface area contributed by atoms with Gasteiger partial charge in [-0.1, -0.05) is 18.2 Å². The number of benzene rings is 1. The Bertz CT molecular complexity index is 634. The van der Waals surface area contributed by atoms with Crippen molar-refractivity contribution in [2.24, 2.45) is 5.92 Å².